The van der Waals surface area contributed by atoms with Crippen LogP contribution in [0.3, 0.4) is 0 Å². The Labute approximate surface area is 126 Å². The van der Waals surface area contributed by atoms with E-state index in [1.807, 2.05) is 23.1 Å². The summed E-state index contributed by atoms with van der Waals surface area (Å²) in [6.07, 6.45) is 3.47. The van der Waals surface area contributed by atoms with Crippen LogP contribution in [0.4, 0.5) is 4.79 Å². The fourth-order valence-electron chi connectivity index (χ4n) is 2.90. The summed E-state index contributed by atoms with van der Waals surface area (Å²) in [6, 6.07) is 10.7. The predicted molar refractivity (Wildman–Crippen MR) is 82.2 cm³/mol. The predicted octanol–water partition coefficient (Wildman–Crippen LogP) is 2.44. The molecule has 1 N–H and O–H groups in total. The molecule has 2 aliphatic rings. The van der Waals surface area contributed by atoms with Gasteiger partial charge in [0.2, 0.25) is 0 Å². The van der Waals surface area contributed by atoms with Gasteiger partial charge in [-0.2, -0.15) is 0 Å². The normalized spacial score (nSPS) is 23.7. The van der Waals surface area contributed by atoms with Crippen molar-refractivity contribution < 1.29 is 9.53 Å². The zero-order chi connectivity index (χ0) is 14.7. The maximum atomic E-state index is 12.3. The standard InChI is InChI=1S/C17H24N2O2/c1-13(15-7-8-15)18-17(20)19-9-10-21-16(12-19)11-14-5-3-2-4-6-14/h2-6,13,15-16H,7-12H2,1H3,(H,18,20). The lowest BCUT2D eigenvalue weighted by molar-refractivity contribution is -0.0136. The molecule has 1 aromatic rings. The van der Waals surface area contributed by atoms with E-state index in [1.165, 1.54) is 18.4 Å². The summed E-state index contributed by atoms with van der Waals surface area (Å²) in [5.74, 6) is 0.690. The molecule has 0 radical (unpaired) electrons. The van der Waals surface area contributed by atoms with Gasteiger partial charge >= 0.3 is 6.03 Å². The van der Waals surface area contributed by atoms with Crippen LogP contribution in [0.15, 0.2) is 30.3 Å². The largest absolute Gasteiger partial charge is 0.374 e. The molecule has 1 saturated heterocycles. The minimum absolute atomic E-state index is 0.0655. The van der Waals surface area contributed by atoms with Crippen molar-refractivity contribution in [3.05, 3.63) is 35.9 Å². The van der Waals surface area contributed by atoms with Crippen LogP contribution in [0.2, 0.25) is 0 Å². The third-order valence-electron chi connectivity index (χ3n) is 4.41. The van der Waals surface area contributed by atoms with Gasteiger partial charge in [0, 0.05) is 25.6 Å². The second-order valence-electron chi connectivity index (χ2n) is 6.20. The van der Waals surface area contributed by atoms with Gasteiger partial charge < -0.3 is 15.0 Å². The van der Waals surface area contributed by atoms with Crippen molar-refractivity contribution in [3.8, 4) is 0 Å². The molecule has 2 unspecified atom stereocenters. The number of nitrogens with one attached hydrogen (secondary N) is 1. The number of hydrogen-bond acceptors (Lipinski definition) is 2. The number of ether oxygens (including phenoxy) is 1. The molecule has 3 rings (SSSR count). The first-order chi connectivity index (χ1) is 10.2. The van der Waals surface area contributed by atoms with E-state index < -0.39 is 0 Å². The first kappa shape index (κ1) is 14.4. The number of hydrogen-bond donors (Lipinski definition) is 1. The number of carbonyl (C=O) groups excluding carboxylic acids is 1. The molecule has 21 heavy (non-hydrogen) atoms. The Balaban J connectivity index is 1.51. The van der Waals surface area contributed by atoms with Crippen LogP contribution in [0.25, 0.3) is 0 Å². The van der Waals surface area contributed by atoms with Crippen LogP contribution in [0, 0.1) is 5.92 Å². The van der Waals surface area contributed by atoms with Crippen molar-refractivity contribution in [1.29, 1.82) is 0 Å². The number of rotatable bonds is 4. The van der Waals surface area contributed by atoms with Crippen LogP contribution in [0.5, 0.6) is 0 Å². The molecule has 1 aromatic carbocycles. The molecule has 2 fully saturated rings. The molecule has 1 aliphatic carbocycles. The third kappa shape index (κ3) is 3.97. The minimum Gasteiger partial charge on any atom is -0.374 e. The van der Waals surface area contributed by atoms with E-state index in [1.54, 1.807) is 0 Å². The highest BCUT2D eigenvalue weighted by atomic mass is 16.5. The Kier molecular flexibility index (Phi) is 4.44. The van der Waals surface area contributed by atoms with E-state index in [2.05, 4.69) is 24.4 Å². The van der Waals surface area contributed by atoms with Gasteiger partial charge in [-0.1, -0.05) is 30.3 Å². The number of carbonyl (C=O) groups is 1. The Morgan fingerprint density at radius 2 is 2.14 bits per heavy atom. The van der Waals surface area contributed by atoms with Gasteiger partial charge in [0.05, 0.1) is 12.7 Å². The average Bonchev–Trinajstić information content (AvgIpc) is 3.33. The molecule has 1 saturated carbocycles. The van der Waals surface area contributed by atoms with Crippen molar-refractivity contribution in [3.63, 3.8) is 0 Å². The lowest BCUT2D eigenvalue weighted by atomic mass is 10.1. The molecule has 2 amide bonds. The minimum atomic E-state index is 0.0655. The molecule has 1 aliphatic heterocycles. The SMILES string of the molecule is CC(NC(=O)N1CCOC(Cc2ccccc2)C1)C1CC1. The van der Waals surface area contributed by atoms with E-state index in [-0.39, 0.29) is 12.1 Å². The lowest BCUT2D eigenvalue weighted by Crippen LogP contribution is -2.52. The quantitative estimate of drug-likeness (QED) is 0.924. The fourth-order valence-corrected chi connectivity index (χ4v) is 2.90. The highest BCUT2D eigenvalue weighted by molar-refractivity contribution is 5.74. The topological polar surface area (TPSA) is 41.6 Å². The van der Waals surface area contributed by atoms with Crippen molar-refractivity contribution in [2.75, 3.05) is 19.7 Å². The Hall–Kier alpha value is -1.55. The van der Waals surface area contributed by atoms with Gasteiger partial charge in [-0.05, 0) is 31.2 Å². The molecule has 4 nitrogen and oxygen atoms in total. The molecule has 114 valence electrons. The van der Waals surface area contributed by atoms with Crippen LogP contribution in [0.1, 0.15) is 25.3 Å². The highest BCUT2D eigenvalue weighted by Crippen LogP contribution is 2.32. The summed E-state index contributed by atoms with van der Waals surface area (Å²) in [7, 11) is 0. The summed E-state index contributed by atoms with van der Waals surface area (Å²) >= 11 is 0. The van der Waals surface area contributed by atoms with Gasteiger partial charge in [0.1, 0.15) is 0 Å². The molecule has 2 atom stereocenters. The Bertz CT molecular complexity index is 473. The number of morpholine rings is 1. The molecule has 0 spiro atoms. The molecule has 0 bridgehead atoms. The number of benzene rings is 1. The van der Waals surface area contributed by atoms with E-state index in [0.29, 0.717) is 31.7 Å². The van der Waals surface area contributed by atoms with Crippen molar-refractivity contribution in [2.24, 2.45) is 5.92 Å². The zero-order valence-corrected chi connectivity index (χ0v) is 12.6. The maximum Gasteiger partial charge on any atom is 0.317 e. The number of urea groups is 1. The Morgan fingerprint density at radius 1 is 1.38 bits per heavy atom. The first-order valence-electron chi connectivity index (χ1n) is 7.93. The summed E-state index contributed by atoms with van der Waals surface area (Å²) in [6.45, 7) is 4.10. The molecule has 1 heterocycles. The maximum absolute atomic E-state index is 12.3. The van der Waals surface area contributed by atoms with Gasteiger partial charge in [0.25, 0.3) is 0 Å². The molecular formula is C17H24N2O2. The van der Waals surface area contributed by atoms with E-state index in [0.717, 1.165) is 6.42 Å². The number of amides is 2. The van der Waals surface area contributed by atoms with Gasteiger partial charge in [-0.15, -0.1) is 0 Å². The van der Waals surface area contributed by atoms with Crippen molar-refractivity contribution in [1.82, 2.24) is 10.2 Å². The van der Waals surface area contributed by atoms with Crippen LogP contribution < -0.4 is 5.32 Å². The van der Waals surface area contributed by atoms with Crippen molar-refractivity contribution >= 4 is 6.03 Å². The molecular weight excluding hydrogens is 264 g/mol. The average molecular weight is 288 g/mol. The first-order valence-corrected chi connectivity index (χ1v) is 7.93. The van der Waals surface area contributed by atoms with Gasteiger partial charge in [-0.3, -0.25) is 0 Å². The van der Waals surface area contributed by atoms with Crippen LogP contribution in [-0.4, -0.2) is 42.8 Å². The lowest BCUT2D eigenvalue weighted by Gasteiger charge is -2.34. The second-order valence-corrected chi connectivity index (χ2v) is 6.20. The summed E-state index contributed by atoms with van der Waals surface area (Å²) < 4.78 is 5.81. The van der Waals surface area contributed by atoms with Crippen LogP contribution >= 0.6 is 0 Å². The summed E-state index contributed by atoms with van der Waals surface area (Å²) in [5.41, 5.74) is 1.26. The summed E-state index contributed by atoms with van der Waals surface area (Å²) in [5, 5.41) is 3.13. The second kappa shape index (κ2) is 6.48. The summed E-state index contributed by atoms with van der Waals surface area (Å²) in [4.78, 5) is 14.2. The highest BCUT2D eigenvalue weighted by Gasteiger charge is 2.31. The smallest absolute Gasteiger partial charge is 0.317 e. The van der Waals surface area contributed by atoms with Crippen LogP contribution in [-0.2, 0) is 11.2 Å². The fraction of sp³-hybridized carbons (Fsp3) is 0.588. The number of nitrogens with zero attached hydrogens (tertiary/aromatic N) is 1. The van der Waals surface area contributed by atoms with Gasteiger partial charge in [-0.25, -0.2) is 4.79 Å². The van der Waals surface area contributed by atoms with E-state index in [9.17, 15) is 4.79 Å². The zero-order valence-electron chi connectivity index (χ0n) is 12.6. The van der Waals surface area contributed by atoms with Crippen molar-refractivity contribution in [2.45, 2.75) is 38.3 Å². The monoisotopic (exact) mass is 288 g/mol. The Morgan fingerprint density at radius 3 is 2.86 bits per heavy atom. The van der Waals surface area contributed by atoms with Gasteiger partial charge in [0.15, 0.2) is 0 Å². The van der Waals surface area contributed by atoms with E-state index in [4.69, 9.17) is 4.74 Å². The molecule has 0 aromatic heterocycles. The third-order valence-corrected chi connectivity index (χ3v) is 4.41. The van der Waals surface area contributed by atoms with E-state index >= 15 is 0 Å². The molecule has 4 heteroatoms.